The summed E-state index contributed by atoms with van der Waals surface area (Å²) in [5, 5.41) is 10.8. The fraction of sp³-hybridized carbons (Fsp3) is 0.250. The van der Waals surface area contributed by atoms with Gasteiger partial charge in [-0.2, -0.15) is 0 Å². The molecule has 0 saturated heterocycles. The molecule has 1 aliphatic rings. The van der Waals surface area contributed by atoms with Crippen LogP contribution < -0.4 is 0 Å². The van der Waals surface area contributed by atoms with E-state index in [1.165, 1.54) is 10.4 Å². The highest BCUT2D eigenvalue weighted by molar-refractivity contribution is 7.12. The van der Waals surface area contributed by atoms with Crippen molar-refractivity contribution in [1.29, 1.82) is 0 Å². The van der Waals surface area contributed by atoms with Crippen molar-refractivity contribution in [2.75, 3.05) is 0 Å². The van der Waals surface area contributed by atoms with Crippen molar-refractivity contribution >= 4 is 28.1 Å². The van der Waals surface area contributed by atoms with Crippen LogP contribution in [-0.4, -0.2) is 26.4 Å². The Morgan fingerprint density at radius 1 is 1.14 bits per heavy atom. The molecule has 21 heavy (non-hydrogen) atoms. The van der Waals surface area contributed by atoms with Gasteiger partial charge in [-0.05, 0) is 55.5 Å². The molecule has 0 aliphatic carbocycles. The van der Waals surface area contributed by atoms with Crippen LogP contribution in [0.25, 0.3) is 11.0 Å². The quantitative estimate of drug-likeness (QED) is 0.692. The minimum absolute atomic E-state index is 0.107. The summed E-state index contributed by atoms with van der Waals surface area (Å²) in [6, 6.07) is 7.95. The molecule has 0 aromatic carbocycles. The molecule has 4 rings (SSSR count). The maximum Gasteiger partial charge on any atom is 0.115 e. The van der Waals surface area contributed by atoms with Crippen LogP contribution in [0.4, 0.5) is 0 Å². The predicted octanol–water partition coefficient (Wildman–Crippen LogP) is 3.26. The van der Waals surface area contributed by atoms with Crippen molar-refractivity contribution < 1.29 is 0 Å². The maximum atomic E-state index is 4.90. The molecule has 0 unspecified atom stereocenters. The van der Waals surface area contributed by atoms with E-state index >= 15 is 0 Å². The van der Waals surface area contributed by atoms with Crippen LogP contribution in [0.2, 0.25) is 0 Å². The van der Waals surface area contributed by atoms with Crippen molar-refractivity contribution in [1.82, 2.24) is 15.2 Å². The number of rotatable bonds is 1. The molecule has 1 aliphatic heterocycles. The van der Waals surface area contributed by atoms with Crippen LogP contribution in [0, 0.1) is 0 Å². The molecule has 5 heteroatoms. The van der Waals surface area contributed by atoms with E-state index < -0.39 is 0 Å². The SMILES string of the molecule is CC1(C)Cc2ccsc2C(c2cc3ncccc3nn2)=N1. The predicted molar refractivity (Wildman–Crippen MR) is 85.1 cm³/mol. The fourth-order valence-corrected chi connectivity index (χ4v) is 3.62. The summed E-state index contributed by atoms with van der Waals surface area (Å²) >= 11 is 1.72. The van der Waals surface area contributed by atoms with E-state index in [4.69, 9.17) is 4.99 Å². The number of nitrogens with zero attached hydrogens (tertiary/aromatic N) is 4. The molecule has 0 bridgehead atoms. The van der Waals surface area contributed by atoms with Gasteiger partial charge in [0.15, 0.2) is 0 Å². The van der Waals surface area contributed by atoms with Crippen LogP contribution in [0.1, 0.15) is 30.0 Å². The molecule has 104 valence electrons. The Morgan fingerprint density at radius 3 is 2.95 bits per heavy atom. The zero-order valence-corrected chi connectivity index (χ0v) is 12.7. The second kappa shape index (κ2) is 4.43. The first-order valence-corrected chi connectivity index (χ1v) is 7.76. The molecular formula is C16H14N4S. The smallest absolute Gasteiger partial charge is 0.115 e. The molecule has 4 nitrogen and oxygen atoms in total. The molecular weight excluding hydrogens is 280 g/mol. The first-order chi connectivity index (χ1) is 10.1. The molecule has 0 radical (unpaired) electrons. The summed E-state index contributed by atoms with van der Waals surface area (Å²) in [7, 11) is 0. The second-order valence-corrected chi connectivity index (χ2v) is 6.78. The van der Waals surface area contributed by atoms with Gasteiger partial charge in [0.05, 0.1) is 15.9 Å². The highest BCUT2D eigenvalue weighted by Crippen LogP contribution is 2.32. The zero-order valence-electron chi connectivity index (χ0n) is 11.9. The van der Waals surface area contributed by atoms with Gasteiger partial charge in [-0.15, -0.1) is 21.5 Å². The van der Waals surface area contributed by atoms with E-state index in [1.807, 2.05) is 18.2 Å². The van der Waals surface area contributed by atoms with E-state index in [2.05, 4.69) is 40.5 Å². The Kier molecular flexibility index (Phi) is 2.65. The fourth-order valence-electron chi connectivity index (χ4n) is 2.70. The first-order valence-electron chi connectivity index (χ1n) is 6.88. The van der Waals surface area contributed by atoms with Gasteiger partial charge >= 0.3 is 0 Å². The Morgan fingerprint density at radius 2 is 2.05 bits per heavy atom. The minimum Gasteiger partial charge on any atom is -0.275 e. The van der Waals surface area contributed by atoms with Crippen LogP contribution in [0.15, 0.2) is 40.8 Å². The molecule has 0 spiro atoms. The summed E-state index contributed by atoms with van der Waals surface area (Å²) in [4.78, 5) is 10.5. The van der Waals surface area contributed by atoms with Gasteiger partial charge in [0, 0.05) is 6.20 Å². The Hall–Kier alpha value is -2.14. The molecule has 3 aromatic rings. The van der Waals surface area contributed by atoms with Crippen LogP contribution in [-0.2, 0) is 6.42 Å². The number of aliphatic imine (C=N–C) groups is 1. The average molecular weight is 294 g/mol. The monoisotopic (exact) mass is 294 g/mol. The lowest BCUT2D eigenvalue weighted by Gasteiger charge is -2.26. The van der Waals surface area contributed by atoms with Crippen LogP contribution in [0.3, 0.4) is 0 Å². The van der Waals surface area contributed by atoms with E-state index in [0.717, 1.165) is 28.9 Å². The van der Waals surface area contributed by atoms with Gasteiger partial charge < -0.3 is 0 Å². The van der Waals surface area contributed by atoms with Crippen molar-refractivity contribution in [2.24, 2.45) is 4.99 Å². The molecule has 0 atom stereocenters. The number of fused-ring (bicyclic) bond motifs is 2. The molecule has 0 amide bonds. The van der Waals surface area contributed by atoms with Gasteiger partial charge in [-0.25, -0.2) is 0 Å². The third-order valence-electron chi connectivity index (χ3n) is 3.60. The van der Waals surface area contributed by atoms with E-state index in [1.54, 1.807) is 17.5 Å². The van der Waals surface area contributed by atoms with Gasteiger partial charge in [0.25, 0.3) is 0 Å². The highest BCUT2D eigenvalue weighted by atomic mass is 32.1. The van der Waals surface area contributed by atoms with E-state index in [-0.39, 0.29) is 5.54 Å². The van der Waals surface area contributed by atoms with Gasteiger partial charge in [0.1, 0.15) is 16.9 Å². The van der Waals surface area contributed by atoms with Gasteiger partial charge in [-0.3, -0.25) is 9.98 Å². The Balaban J connectivity index is 1.92. The third-order valence-corrected chi connectivity index (χ3v) is 4.56. The third kappa shape index (κ3) is 2.14. The van der Waals surface area contributed by atoms with Crippen molar-refractivity contribution in [3.8, 4) is 0 Å². The average Bonchev–Trinajstić information content (AvgIpc) is 2.92. The summed E-state index contributed by atoms with van der Waals surface area (Å²) in [5.74, 6) is 0. The van der Waals surface area contributed by atoms with Crippen LogP contribution >= 0.6 is 11.3 Å². The van der Waals surface area contributed by atoms with E-state index in [9.17, 15) is 0 Å². The van der Waals surface area contributed by atoms with Crippen molar-refractivity contribution in [3.63, 3.8) is 0 Å². The maximum absolute atomic E-state index is 4.90. The topological polar surface area (TPSA) is 51.0 Å². The Bertz CT molecular complexity index is 863. The lowest BCUT2D eigenvalue weighted by molar-refractivity contribution is 0.514. The number of thiophene rings is 1. The second-order valence-electron chi connectivity index (χ2n) is 5.86. The summed E-state index contributed by atoms with van der Waals surface area (Å²) in [6.07, 6.45) is 2.74. The molecule has 3 aromatic heterocycles. The number of pyridine rings is 1. The van der Waals surface area contributed by atoms with Crippen molar-refractivity contribution in [2.45, 2.75) is 25.8 Å². The zero-order chi connectivity index (χ0) is 14.4. The number of hydrogen-bond donors (Lipinski definition) is 0. The van der Waals surface area contributed by atoms with Gasteiger partial charge in [-0.1, -0.05) is 0 Å². The summed E-state index contributed by atoms with van der Waals surface area (Å²) < 4.78 is 0. The van der Waals surface area contributed by atoms with Crippen LogP contribution in [0.5, 0.6) is 0 Å². The molecule has 4 heterocycles. The highest BCUT2D eigenvalue weighted by Gasteiger charge is 2.29. The molecule has 0 fully saturated rings. The standard InChI is InChI=1S/C16H14N4S/c1-16(2)9-10-5-7-21-15(10)14(18-16)13-8-12-11(19-20-13)4-3-6-17-12/h3-8H,9H2,1-2H3. The first kappa shape index (κ1) is 12.6. The van der Waals surface area contributed by atoms with Gasteiger partial charge in [0.2, 0.25) is 0 Å². The normalized spacial score (nSPS) is 16.6. The number of aromatic nitrogens is 3. The lowest BCUT2D eigenvalue weighted by atomic mass is 9.91. The summed E-state index contributed by atoms with van der Waals surface area (Å²) in [6.45, 7) is 4.31. The summed E-state index contributed by atoms with van der Waals surface area (Å²) in [5.41, 5.74) is 4.64. The van der Waals surface area contributed by atoms with Crippen molar-refractivity contribution in [3.05, 3.63) is 52.0 Å². The lowest BCUT2D eigenvalue weighted by Crippen LogP contribution is -2.28. The number of hydrogen-bond acceptors (Lipinski definition) is 5. The largest absolute Gasteiger partial charge is 0.275 e. The molecule has 0 saturated carbocycles. The Labute approximate surface area is 126 Å². The van der Waals surface area contributed by atoms with E-state index in [0.29, 0.717) is 0 Å². The minimum atomic E-state index is -0.107. The molecule has 0 N–H and O–H groups in total.